The first kappa shape index (κ1) is 32.4. The van der Waals surface area contributed by atoms with Crippen molar-refractivity contribution in [3.63, 3.8) is 0 Å². The average Bonchev–Trinajstić information content (AvgIpc) is 3.55. The summed E-state index contributed by atoms with van der Waals surface area (Å²) in [4.78, 5) is 0. The summed E-state index contributed by atoms with van der Waals surface area (Å²) in [6, 6.07) is 71.5. The fraction of sp³-hybridized carbons (Fsp3) is 0.0536. The molecule has 8 aromatic carbocycles. The van der Waals surface area contributed by atoms with Crippen LogP contribution in [0.2, 0.25) is 0 Å². The van der Waals surface area contributed by atoms with E-state index in [4.69, 9.17) is 0 Å². The Morgan fingerprint density at radius 3 is 1.72 bits per heavy atom. The quantitative estimate of drug-likeness (QED) is 0.0959. The van der Waals surface area contributed by atoms with Gasteiger partial charge in [0, 0.05) is 59.9 Å². The molecule has 284 valence electrons. The van der Waals surface area contributed by atoms with Crippen LogP contribution >= 0.6 is 0 Å². The molecule has 5 heteroatoms. The number of quaternary nitrogens is 3. The van der Waals surface area contributed by atoms with Crippen molar-refractivity contribution in [1.82, 2.24) is 18.3 Å². The van der Waals surface area contributed by atoms with E-state index in [9.17, 15) is 0 Å². The average molecular weight is 782 g/mol. The van der Waals surface area contributed by atoms with Gasteiger partial charge in [0.25, 0.3) is 22.7 Å². The number of fused-ring (bicyclic) bond motifs is 11. The van der Waals surface area contributed by atoms with Gasteiger partial charge in [0.15, 0.2) is 6.20 Å². The first-order valence-electron chi connectivity index (χ1n) is 21.5. The third kappa shape index (κ3) is 3.31. The molecule has 7 heterocycles. The van der Waals surface area contributed by atoms with E-state index in [2.05, 4.69) is 217 Å². The summed E-state index contributed by atoms with van der Waals surface area (Å²) in [6.45, 7) is 4.55. The lowest BCUT2D eigenvalue weighted by Gasteiger charge is -2.35. The van der Waals surface area contributed by atoms with Crippen LogP contribution in [0, 0.1) is 13.8 Å². The molecule has 10 aromatic rings. The van der Waals surface area contributed by atoms with E-state index in [1.807, 2.05) is 0 Å². The van der Waals surface area contributed by atoms with Crippen molar-refractivity contribution in [2.75, 3.05) is 0 Å². The molecular formula is C56H39N5+4. The lowest BCUT2D eigenvalue weighted by atomic mass is 9.90. The Labute approximate surface area is 353 Å². The molecule has 4 atom stereocenters. The highest BCUT2D eigenvalue weighted by Gasteiger charge is 3.11. The predicted molar refractivity (Wildman–Crippen MR) is 249 cm³/mol. The molecule has 0 saturated carbocycles. The van der Waals surface area contributed by atoms with Crippen LogP contribution in [0.25, 0.3) is 72.1 Å². The Hall–Kier alpha value is -7.41. The predicted octanol–water partition coefficient (Wildman–Crippen LogP) is 13.6. The molecule has 5 aliphatic rings. The van der Waals surface area contributed by atoms with Gasteiger partial charge < -0.3 is 0 Å². The molecule has 5 aliphatic heterocycles. The van der Waals surface area contributed by atoms with Gasteiger partial charge in [-0.05, 0) is 100 Å². The first-order valence-corrected chi connectivity index (χ1v) is 21.5. The monoisotopic (exact) mass is 781 g/mol. The lowest BCUT2D eigenvalue weighted by Crippen LogP contribution is -2.74. The van der Waals surface area contributed by atoms with E-state index < -0.39 is 0 Å². The minimum absolute atomic E-state index is 0.0559. The molecular weight excluding hydrogens is 743 g/mol. The molecule has 15 rings (SSSR count). The van der Waals surface area contributed by atoms with Gasteiger partial charge >= 0.3 is 12.1 Å². The number of hydrogen-bond donors (Lipinski definition) is 0. The Morgan fingerprint density at radius 1 is 0.426 bits per heavy atom. The number of aryl methyl sites for hydroxylation is 2. The first-order chi connectivity index (χ1) is 30.1. The van der Waals surface area contributed by atoms with Gasteiger partial charge in [0.2, 0.25) is 16.9 Å². The van der Waals surface area contributed by atoms with Crippen LogP contribution in [-0.2, 0) is 0 Å². The van der Waals surface area contributed by atoms with Crippen LogP contribution in [0.1, 0.15) is 11.1 Å². The zero-order valence-electron chi connectivity index (χ0n) is 33.8. The van der Waals surface area contributed by atoms with Gasteiger partial charge in [0.1, 0.15) is 5.52 Å². The normalized spacial score (nSPS) is 22.3. The Kier molecular flexibility index (Phi) is 5.67. The fourth-order valence-corrected chi connectivity index (χ4v) is 12.9. The summed E-state index contributed by atoms with van der Waals surface area (Å²) >= 11 is 0. The maximum atomic E-state index is 2.66. The number of aromatic nitrogens is 2. The fourth-order valence-electron chi connectivity index (χ4n) is 12.9. The van der Waals surface area contributed by atoms with Crippen LogP contribution in [-0.4, -0.2) is 10.9 Å². The molecule has 5 nitrogen and oxygen atoms in total. The molecule has 0 radical (unpaired) electrons. The third-order valence-corrected chi connectivity index (χ3v) is 15.1. The van der Waals surface area contributed by atoms with Crippen molar-refractivity contribution < 1.29 is 4.68 Å². The number of hydrogen-bond acceptors (Lipinski definition) is 0. The number of para-hydroxylation sites is 5. The molecule has 1 fully saturated rings. The van der Waals surface area contributed by atoms with Crippen molar-refractivity contribution in [2.45, 2.75) is 20.1 Å². The van der Waals surface area contributed by atoms with Crippen molar-refractivity contribution in [2.24, 2.45) is 0 Å². The van der Waals surface area contributed by atoms with Crippen molar-refractivity contribution in [3.05, 3.63) is 205 Å². The van der Waals surface area contributed by atoms with Crippen molar-refractivity contribution in [3.8, 4) is 50.3 Å². The zero-order chi connectivity index (χ0) is 40.0. The lowest BCUT2D eigenvalue weighted by molar-refractivity contribution is -0.793. The van der Waals surface area contributed by atoms with E-state index in [0.29, 0.717) is 13.8 Å². The van der Waals surface area contributed by atoms with Gasteiger partial charge in [0.05, 0.1) is 11.1 Å². The Morgan fingerprint density at radius 2 is 1.00 bits per heavy atom. The largest absolute Gasteiger partial charge is 0.498 e. The molecule has 0 amide bonds. The van der Waals surface area contributed by atoms with E-state index in [1.54, 1.807) is 0 Å². The smallest absolute Gasteiger partial charge is 0.181 e. The number of rotatable bonds is 3. The molecule has 0 N–H and O–H groups in total. The van der Waals surface area contributed by atoms with Gasteiger partial charge in [-0.1, -0.05) is 115 Å². The molecule has 2 spiro atoms. The molecule has 4 unspecified atom stereocenters. The topological polar surface area (TPSA) is 8.81 Å². The van der Waals surface area contributed by atoms with Gasteiger partial charge in [-0.15, -0.1) is 0 Å². The summed E-state index contributed by atoms with van der Waals surface area (Å²) in [7, 11) is 0. The van der Waals surface area contributed by atoms with Crippen molar-refractivity contribution in [1.29, 1.82) is 0 Å². The van der Waals surface area contributed by atoms with Crippen molar-refractivity contribution >= 4 is 55.9 Å². The summed E-state index contributed by atoms with van der Waals surface area (Å²) in [5.41, 5.74) is 23.6. The summed E-state index contributed by atoms with van der Waals surface area (Å²) in [6.07, 6.45) is 2.33. The maximum Gasteiger partial charge on any atom is 0.498 e. The third-order valence-electron chi connectivity index (χ3n) is 15.1. The second-order valence-corrected chi connectivity index (χ2v) is 17.6. The standard InChI is InChI=1S/C56H39N5/c1-35-33-45-43-24-16-28-50-54(43)59(55-44(46(45)34-36(35)2)31-30-42-41-21-9-10-25-47(41)58(52(42)55)51-29-13-14-32-57(51)59)56-60(50)48-26-11-12-27-49(48)61(56,60)53-39(37-17-5-3-6-18-37)22-15-23-40(53)38-19-7-4-8-20-38/h3-34,56H,1-2H3/q+4. The molecule has 0 aliphatic carbocycles. The van der Waals surface area contributed by atoms with Crippen LogP contribution in [0.3, 0.4) is 0 Å². The highest BCUT2D eigenvalue weighted by atomic mass is 16.2. The Balaban J connectivity index is 1.21. The maximum absolute atomic E-state index is 2.66. The number of pyridine rings is 1. The van der Waals surface area contributed by atoms with E-state index in [-0.39, 0.29) is 6.29 Å². The molecule has 1 saturated heterocycles. The van der Waals surface area contributed by atoms with E-state index in [0.717, 1.165) is 0 Å². The van der Waals surface area contributed by atoms with Gasteiger partial charge in [-0.25, -0.2) is 0 Å². The van der Waals surface area contributed by atoms with Crippen LogP contribution in [0.4, 0.5) is 34.1 Å². The summed E-state index contributed by atoms with van der Waals surface area (Å²) < 4.78 is 7.12. The van der Waals surface area contributed by atoms with Crippen LogP contribution in [0.15, 0.2) is 194 Å². The second-order valence-electron chi connectivity index (χ2n) is 17.6. The van der Waals surface area contributed by atoms with E-state index >= 15 is 0 Å². The Bertz CT molecular complexity index is 3590. The molecule has 0 bridgehead atoms. The highest BCUT2D eigenvalue weighted by molar-refractivity contribution is 6.20. The molecule has 2 aromatic heterocycles. The number of nitrogens with zero attached hydrogens (tertiary/aromatic N) is 5. The number of benzene rings is 8. The van der Waals surface area contributed by atoms with Crippen LogP contribution in [0.5, 0.6) is 0 Å². The summed E-state index contributed by atoms with van der Waals surface area (Å²) in [5, 5.41) is 2.58. The van der Waals surface area contributed by atoms with E-state index in [1.165, 1.54) is 117 Å². The van der Waals surface area contributed by atoms with Crippen LogP contribution < -0.4 is 18.5 Å². The SMILES string of the molecule is Cc1cc2c(cc1C)-c1ccc3c4ccccc4n4c3c1[N+]1(c3c-2cccc3[N+]23c5ccccc5[N+]2(c2c(-c5ccccc5)cccc2-c2ccccc2)C13)[n+]1ccccc1-4. The van der Waals surface area contributed by atoms with Gasteiger partial charge in [-0.2, -0.15) is 4.57 Å². The highest BCUT2D eigenvalue weighted by Crippen LogP contribution is 2.86. The minimum atomic E-state index is -0.0559. The minimum Gasteiger partial charge on any atom is -0.181 e. The molecule has 61 heavy (non-hydrogen) atoms. The second kappa shape index (κ2) is 10.7. The zero-order valence-corrected chi connectivity index (χ0v) is 33.8. The summed E-state index contributed by atoms with van der Waals surface area (Å²) in [5.74, 6) is 1.17. The van der Waals surface area contributed by atoms with Gasteiger partial charge in [-0.3, -0.25) is 0 Å².